The van der Waals surface area contributed by atoms with Crippen LogP contribution in [0, 0.1) is 6.92 Å². The van der Waals surface area contributed by atoms with Crippen LogP contribution in [-0.2, 0) is 9.59 Å². The Morgan fingerprint density at radius 1 is 1.12 bits per heavy atom. The number of aromatic carboxylic acids is 1. The number of aryl methyl sites for hydroxylation is 1. The predicted octanol–water partition coefficient (Wildman–Crippen LogP) is 4.44. The Hall–Kier alpha value is -3.75. The number of furan rings is 1. The van der Waals surface area contributed by atoms with Crippen molar-refractivity contribution < 1.29 is 23.9 Å². The zero-order chi connectivity index (χ0) is 23.0. The fraction of sp³-hybridized carbons (Fsp3) is 0.0435. The van der Waals surface area contributed by atoms with Crippen molar-refractivity contribution in [3.05, 3.63) is 82.1 Å². The van der Waals surface area contributed by atoms with Crippen LogP contribution in [0.15, 0.2) is 64.6 Å². The van der Waals surface area contributed by atoms with Crippen molar-refractivity contribution in [2.24, 2.45) is 0 Å². The van der Waals surface area contributed by atoms with E-state index in [1.807, 2.05) is 19.1 Å². The van der Waals surface area contributed by atoms with E-state index in [-0.39, 0.29) is 27.0 Å². The number of rotatable bonds is 4. The summed E-state index contributed by atoms with van der Waals surface area (Å²) in [5.41, 5.74) is 1.81. The third kappa shape index (κ3) is 4.05. The Labute approximate surface area is 192 Å². The maximum absolute atomic E-state index is 13.1. The number of benzene rings is 2. The average Bonchev–Trinajstić information content (AvgIpc) is 3.21. The van der Waals surface area contributed by atoms with E-state index in [0.29, 0.717) is 17.0 Å². The summed E-state index contributed by atoms with van der Waals surface area (Å²) in [5, 5.41) is 11.9. The lowest BCUT2D eigenvalue weighted by Crippen LogP contribution is -2.54. The van der Waals surface area contributed by atoms with Gasteiger partial charge in [-0.05, 0) is 67.7 Å². The number of halogens is 1. The van der Waals surface area contributed by atoms with Gasteiger partial charge in [0.15, 0.2) is 5.11 Å². The van der Waals surface area contributed by atoms with E-state index in [0.717, 1.165) is 5.56 Å². The summed E-state index contributed by atoms with van der Waals surface area (Å²) in [6.45, 7) is 1.92. The van der Waals surface area contributed by atoms with E-state index >= 15 is 0 Å². The number of nitrogens with zero attached hydrogens (tertiary/aromatic N) is 1. The summed E-state index contributed by atoms with van der Waals surface area (Å²) in [6, 6.07) is 14.8. The molecule has 0 radical (unpaired) electrons. The predicted molar refractivity (Wildman–Crippen MR) is 123 cm³/mol. The third-order valence-electron chi connectivity index (χ3n) is 4.79. The van der Waals surface area contributed by atoms with E-state index < -0.39 is 17.8 Å². The van der Waals surface area contributed by atoms with Gasteiger partial charge in [-0.3, -0.25) is 19.8 Å². The van der Waals surface area contributed by atoms with Crippen LogP contribution in [0.1, 0.15) is 21.7 Å². The molecule has 9 heteroatoms. The molecule has 0 aliphatic carbocycles. The highest BCUT2D eigenvalue weighted by Crippen LogP contribution is 2.28. The lowest BCUT2D eigenvalue weighted by Gasteiger charge is -2.28. The number of carbonyl (C=O) groups excluding carboxylic acids is 2. The van der Waals surface area contributed by atoms with Crippen molar-refractivity contribution in [2.45, 2.75) is 6.92 Å². The van der Waals surface area contributed by atoms with E-state index in [4.69, 9.17) is 28.2 Å². The van der Waals surface area contributed by atoms with Gasteiger partial charge in [0.25, 0.3) is 11.8 Å². The van der Waals surface area contributed by atoms with Gasteiger partial charge in [-0.15, -0.1) is 0 Å². The SMILES string of the molecule is Cc1ccc(N2C(=O)C(=Cc3ccc(-c4ccc(Cl)c(C(=O)O)c4)o3)C(=O)NC2=S)cc1. The van der Waals surface area contributed by atoms with Gasteiger partial charge in [-0.1, -0.05) is 29.3 Å². The molecule has 0 spiro atoms. The molecule has 32 heavy (non-hydrogen) atoms. The zero-order valence-corrected chi connectivity index (χ0v) is 18.2. The number of nitrogens with one attached hydrogen (secondary N) is 1. The van der Waals surface area contributed by atoms with Crippen molar-refractivity contribution in [1.29, 1.82) is 0 Å². The molecule has 1 aliphatic heterocycles. The molecule has 1 aliphatic rings. The molecule has 4 rings (SSSR count). The molecule has 1 saturated heterocycles. The number of anilines is 1. The van der Waals surface area contributed by atoms with E-state index in [1.165, 1.54) is 23.1 Å². The number of carbonyl (C=O) groups is 3. The maximum atomic E-state index is 13.1. The van der Waals surface area contributed by atoms with Gasteiger partial charge < -0.3 is 9.52 Å². The number of hydrogen-bond acceptors (Lipinski definition) is 5. The molecule has 3 aromatic rings. The van der Waals surface area contributed by atoms with Gasteiger partial charge in [-0.2, -0.15) is 0 Å². The highest BCUT2D eigenvalue weighted by Gasteiger charge is 2.34. The van der Waals surface area contributed by atoms with Crippen LogP contribution >= 0.6 is 23.8 Å². The normalized spacial score (nSPS) is 15.2. The number of thiocarbonyl (C=S) groups is 1. The van der Waals surface area contributed by atoms with Crippen molar-refractivity contribution in [3.63, 3.8) is 0 Å². The van der Waals surface area contributed by atoms with Gasteiger partial charge in [-0.25, -0.2) is 4.79 Å². The van der Waals surface area contributed by atoms with Gasteiger partial charge in [0.1, 0.15) is 17.1 Å². The molecular formula is C23H15ClN2O5S. The minimum Gasteiger partial charge on any atom is -0.478 e. The molecular weight excluding hydrogens is 452 g/mol. The standard InChI is InChI=1S/C23H15ClN2O5S/c1-12-2-5-14(6-3-12)26-21(28)17(20(27)25-23(26)32)11-15-7-9-19(31-15)13-4-8-18(24)16(10-13)22(29)30/h2-11H,1H3,(H,29,30)(H,25,27,32). The van der Waals surface area contributed by atoms with Crippen molar-refractivity contribution >= 4 is 58.5 Å². The van der Waals surface area contributed by atoms with Crippen LogP contribution in [0.4, 0.5) is 5.69 Å². The van der Waals surface area contributed by atoms with Gasteiger partial charge in [0.2, 0.25) is 0 Å². The summed E-state index contributed by atoms with van der Waals surface area (Å²) >= 11 is 11.1. The molecule has 0 saturated carbocycles. The lowest BCUT2D eigenvalue weighted by molar-refractivity contribution is -0.122. The molecule has 0 atom stereocenters. The fourth-order valence-corrected chi connectivity index (χ4v) is 3.64. The second-order valence-corrected chi connectivity index (χ2v) is 7.79. The summed E-state index contributed by atoms with van der Waals surface area (Å²) < 4.78 is 5.73. The highest BCUT2D eigenvalue weighted by atomic mass is 35.5. The highest BCUT2D eigenvalue weighted by molar-refractivity contribution is 7.80. The largest absolute Gasteiger partial charge is 0.478 e. The van der Waals surface area contributed by atoms with Crippen LogP contribution in [0.3, 0.4) is 0 Å². The van der Waals surface area contributed by atoms with Crippen LogP contribution in [0.2, 0.25) is 5.02 Å². The third-order valence-corrected chi connectivity index (χ3v) is 5.40. The van der Waals surface area contributed by atoms with Crippen LogP contribution < -0.4 is 10.2 Å². The second kappa shape index (κ2) is 8.41. The minimum atomic E-state index is -1.16. The number of carboxylic acids is 1. The zero-order valence-electron chi connectivity index (χ0n) is 16.6. The molecule has 0 unspecified atom stereocenters. The summed E-state index contributed by atoms with van der Waals surface area (Å²) in [6.07, 6.45) is 1.32. The Kier molecular flexibility index (Phi) is 5.65. The van der Waals surface area contributed by atoms with Gasteiger partial charge in [0.05, 0.1) is 16.3 Å². The van der Waals surface area contributed by atoms with Gasteiger partial charge >= 0.3 is 5.97 Å². The van der Waals surface area contributed by atoms with E-state index in [9.17, 15) is 19.5 Å². The topological polar surface area (TPSA) is 99.8 Å². The molecule has 1 aromatic heterocycles. The quantitative estimate of drug-likeness (QED) is 0.335. The summed E-state index contributed by atoms with van der Waals surface area (Å²) in [7, 11) is 0. The number of carboxylic acid groups (broad SMARTS) is 1. The summed E-state index contributed by atoms with van der Waals surface area (Å²) in [5.74, 6) is -1.80. The Bertz CT molecular complexity index is 1310. The second-order valence-electron chi connectivity index (χ2n) is 7.00. The molecule has 0 bridgehead atoms. The lowest BCUT2D eigenvalue weighted by atomic mass is 10.1. The van der Waals surface area contributed by atoms with Crippen LogP contribution in [-0.4, -0.2) is 28.0 Å². The number of amides is 2. The van der Waals surface area contributed by atoms with Crippen molar-refractivity contribution in [1.82, 2.24) is 5.32 Å². The van der Waals surface area contributed by atoms with E-state index in [1.54, 1.807) is 30.3 Å². The summed E-state index contributed by atoms with van der Waals surface area (Å²) in [4.78, 5) is 38.1. The molecule has 1 fully saturated rings. The van der Waals surface area contributed by atoms with E-state index in [2.05, 4.69) is 5.32 Å². The van der Waals surface area contributed by atoms with Gasteiger partial charge in [0, 0.05) is 5.56 Å². The Morgan fingerprint density at radius 2 is 1.84 bits per heavy atom. The smallest absolute Gasteiger partial charge is 0.337 e. The van der Waals surface area contributed by atoms with Crippen molar-refractivity contribution in [3.8, 4) is 11.3 Å². The molecule has 2 heterocycles. The maximum Gasteiger partial charge on any atom is 0.337 e. The molecule has 160 valence electrons. The molecule has 2 aromatic carbocycles. The first-order chi connectivity index (χ1) is 15.2. The van der Waals surface area contributed by atoms with Crippen molar-refractivity contribution in [2.75, 3.05) is 4.90 Å². The fourth-order valence-electron chi connectivity index (χ4n) is 3.16. The van der Waals surface area contributed by atoms with Crippen LogP contribution in [0.25, 0.3) is 17.4 Å². The number of hydrogen-bond donors (Lipinski definition) is 2. The molecule has 2 amide bonds. The molecule has 2 N–H and O–H groups in total. The van der Waals surface area contributed by atoms with Crippen LogP contribution in [0.5, 0.6) is 0 Å². The first-order valence-corrected chi connectivity index (χ1v) is 10.1. The first kappa shape index (κ1) is 21.5. The monoisotopic (exact) mass is 466 g/mol. The first-order valence-electron chi connectivity index (χ1n) is 9.36. The Morgan fingerprint density at radius 3 is 2.53 bits per heavy atom. The molecule has 7 nitrogen and oxygen atoms in total. The minimum absolute atomic E-state index is 0.0106. The Balaban J connectivity index is 1.67. The average molecular weight is 467 g/mol.